The molecule has 0 fully saturated rings. The van der Waals surface area contributed by atoms with E-state index in [0.29, 0.717) is 16.8 Å². The molecule has 2 rings (SSSR count). The van der Waals surface area contributed by atoms with Crippen molar-refractivity contribution in [2.24, 2.45) is 5.73 Å². The number of aryl methyl sites for hydroxylation is 1. The highest BCUT2D eigenvalue weighted by Gasteiger charge is 2.11. The third-order valence-electron chi connectivity index (χ3n) is 2.61. The van der Waals surface area contributed by atoms with E-state index in [2.05, 4.69) is 27.2 Å². The van der Waals surface area contributed by atoms with Crippen LogP contribution in [0.3, 0.4) is 0 Å². The van der Waals surface area contributed by atoms with E-state index in [-0.39, 0.29) is 12.5 Å². The topological polar surface area (TPSA) is 85.8 Å². The molecule has 2 aromatic heterocycles. The molecule has 20 heavy (non-hydrogen) atoms. The molecule has 0 aliphatic heterocycles. The predicted molar refractivity (Wildman–Crippen MR) is 76.0 cm³/mol. The molecule has 0 aromatic carbocycles. The zero-order valence-electron chi connectivity index (χ0n) is 11.1. The van der Waals surface area contributed by atoms with Crippen LogP contribution in [0, 0.1) is 11.8 Å². The van der Waals surface area contributed by atoms with Gasteiger partial charge in [0, 0.05) is 25.1 Å². The van der Waals surface area contributed by atoms with Crippen molar-refractivity contribution in [2.45, 2.75) is 13.5 Å². The van der Waals surface area contributed by atoms with Gasteiger partial charge in [-0.2, -0.15) is 5.10 Å². The number of hydrogen-bond acceptors (Lipinski definition) is 4. The summed E-state index contributed by atoms with van der Waals surface area (Å²) in [5.74, 6) is 5.31. The molecule has 102 valence electrons. The summed E-state index contributed by atoms with van der Waals surface area (Å²) < 4.78 is 1.73. The van der Waals surface area contributed by atoms with Gasteiger partial charge in [0.1, 0.15) is 0 Å². The Kier molecular flexibility index (Phi) is 4.47. The summed E-state index contributed by atoms with van der Waals surface area (Å²) in [4.78, 5) is 16.2. The molecule has 0 unspecified atom stereocenters. The van der Waals surface area contributed by atoms with Crippen molar-refractivity contribution in [3.8, 4) is 11.8 Å². The fraction of sp³-hybridized carbons (Fsp3) is 0.214. The Morgan fingerprint density at radius 3 is 3.05 bits per heavy atom. The van der Waals surface area contributed by atoms with E-state index in [0.717, 1.165) is 6.54 Å². The first-order chi connectivity index (χ1) is 9.74. The summed E-state index contributed by atoms with van der Waals surface area (Å²) in [6, 6.07) is 1.63. The van der Waals surface area contributed by atoms with E-state index < -0.39 is 0 Å². The van der Waals surface area contributed by atoms with Crippen LogP contribution in [0.1, 0.15) is 22.8 Å². The van der Waals surface area contributed by atoms with Crippen LogP contribution < -0.4 is 11.1 Å². The van der Waals surface area contributed by atoms with Crippen LogP contribution in [0.2, 0.25) is 0 Å². The minimum atomic E-state index is -0.246. The molecule has 3 N–H and O–H groups in total. The van der Waals surface area contributed by atoms with Crippen molar-refractivity contribution < 1.29 is 4.79 Å². The number of carbonyl (C=O) groups excluding carboxylic acids is 1. The molecule has 0 aliphatic carbocycles. The Balaban J connectivity index is 2.20. The van der Waals surface area contributed by atoms with Crippen molar-refractivity contribution in [3.05, 3.63) is 42.0 Å². The number of nitrogens with two attached hydrogens (primary N) is 1. The lowest BCUT2D eigenvalue weighted by Crippen LogP contribution is -2.13. The Labute approximate surface area is 117 Å². The number of hydrogen-bond donors (Lipinski definition) is 2. The molecule has 0 bridgehead atoms. The Morgan fingerprint density at radius 2 is 2.35 bits per heavy atom. The average molecular weight is 269 g/mol. The SMILES string of the molecule is CCn1cc(NC(=O)c2ccncc2C#CCN)cn1. The van der Waals surface area contributed by atoms with Gasteiger partial charge in [-0.3, -0.25) is 14.5 Å². The number of nitrogens with one attached hydrogen (secondary N) is 1. The van der Waals surface area contributed by atoms with Crippen molar-refractivity contribution >= 4 is 11.6 Å². The lowest BCUT2D eigenvalue weighted by molar-refractivity contribution is 0.102. The summed E-state index contributed by atoms with van der Waals surface area (Å²) in [7, 11) is 0. The minimum Gasteiger partial charge on any atom is -0.320 e. The zero-order chi connectivity index (χ0) is 14.4. The fourth-order valence-electron chi connectivity index (χ4n) is 1.64. The predicted octanol–water partition coefficient (Wildman–Crippen LogP) is 0.861. The monoisotopic (exact) mass is 269 g/mol. The van der Waals surface area contributed by atoms with Crippen molar-refractivity contribution in [1.29, 1.82) is 0 Å². The van der Waals surface area contributed by atoms with Gasteiger partial charge in [0.2, 0.25) is 0 Å². The van der Waals surface area contributed by atoms with Gasteiger partial charge >= 0.3 is 0 Å². The van der Waals surface area contributed by atoms with Crippen molar-refractivity contribution in [1.82, 2.24) is 14.8 Å². The molecule has 0 radical (unpaired) electrons. The average Bonchev–Trinajstić information content (AvgIpc) is 2.93. The Bertz CT molecular complexity index is 665. The van der Waals surface area contributed by atoms with Gasteiger partial charge in [0.15, 0.2) is 0 Å². The summed E-state index contributed by atoms with van der Waals surface area (Å²) in [5.41, 5.74) is 7.00. The van der Waals surface area contributed by atoms with E-state index in [4.69, 9.17) is 5.73 Å². The highest BCUT2D eigenvalue weighted by atomic mass is 16.1. The van der Waals surface area contributed by atoms with Gasteiger partial charge < -0.3 is 11.1 Å². The molecule has 1 amide bonds. The normalized spacial score (nSPS) is 9.70. The third kappa shape index (κ3) is 3.22. The van der Waals surface area contributed by atoms with Gasteiger partial charge in [-0.1, -0.05) is 11.8 Å². The molecule has 6 nitrogen and oxygen atoms in total. The Hall–Kier alpha value is -2.65. The maximum Gasteiger partial charge on any atom is 0.257 e. The zero-order valence-corrected chi connectivity index (χ0v) is 11.1. The van der Waals surface area contributed by atoms with Crippen LogP contribution in [0.25, 0.3) is 0 Å². The quantitative estimate of drug-likeness (QED) is 0.809. The second-order valence-electron chi connectivity index (χ2n) is 3.97. The third-order valence-corrected chi connectivity index (χ3v) is 2.61. The molecule has 0 atom stereocenters. The number of carbonyl (C=O) groups is 1. The maximum atomic E-state index is 12.2. The molecule has 2 aromatic rings. The number of amides is 1. The van der Waals surface area contributed by atoms with Gasteiger partial charge in [-0.25, -0.2) is 0 Å². The lowest BCUT2D eigenvalue weighted by Gasteiger charge is -2.04. The van der Waals surface area contributed by atoms with Crippen molar-refractivity contribution in [2.75, 3.05) is 11.9 Å². The maximum absolute atomic E-state index is 12.2. The highest BCUT2D eigenvalue weighted by Crippen LogP contribution is 2.11. The first-order valence-electron chi connectivity index (χ1n) is 6.21. The second-order valence-corrected chi connectivity index (χ2v) is 3.97. The first-order valence-corrected chi connectivity index (χ1v) is 6.21. The minimum absolute atomic E-state index is 0.235. The number of anilines is 1. The van der Waals surface area contributed by atoms with Gasteiger partial charge in [0.25, 0.3) is 5.91 Å². The Morgan fingerprint density at radius 1 is 1.50 bits per heavy atom. The van der Waals surface area contributed by atoms with Crippen molar-refractivity contribution in [3.63, 3.8) is 0 Å². The second kappa shape index (κ2) is 6.50. The summed E-state index contributed by atoms with van der Waals surface area (Å²) in [6.45, 7) is 2.96. The summed E-state index contributed by atoms with van der Waals surface area (Å²) in [6.07, 6.45) is 6.48. The van der Waals surface area contributed by atoms with Crippen LogP contribution in [0.15, 0.2) is 30.9 Å². The number of nitrogens with zero attached hydrogens (tertiary/aromatic N) is 3. The molecule has 2 heterocycles. The molecule has 0 saturated heterocycles. The van der Waals surface area contributed by atoms with Gasteiger partial charge in [-0.05, 0) is 13.0 Å². The lowest BCUT2D eigenvalue weighted by atomic mass is 10.1. The first kappa shape index (κ1) is 13.8. The van der Waals surface area contributed by atoms with E-state index in [9.17, 15) is 4.79 Å². The van der Waals surface area contributed by atoms with Crippen LogP contribution in [0.4, 0.5) is 5.69 Å². The number of pyridine rings is 1. The molecule has 0 aliphatic rings. The van der Waals surface area contributed by atoms with Gasteiger partial charge in [-0.15, -0.1) is 0 Å². The van der Waals surface area contributed by atoms with E-state index in [1.54, 1.807) is 35.5 Å². The number of rotatable bonds is 3. The van der Waals surface area contributed by atoms with E-state index >= 15 is 0 Å². The van der Waals surface area contributed by atoms with Crippen LogP contribution in [0.5, 0.6) is 0 Å². The smallest absolute Gasteiger partial charge is 0.257 e. The number of aromatic nitrogens is 3. The standard InChI is InChI=1S/C14H15N5O/c1-2-19-10-12(9-17-19)18-14(20)13-5-7-16-8-11(13)4-3-6-15/h5,7-10H,2,6,15H2,1H3,(H,18,20). The van der Waals surface area contributed by atoms with Gasteiger partial charge in [0.05, 0.1) is 29.6 Å². The molecule has 0 spiro atoms. The van der Waals surface area contributed by atoms with E-state index in [1.165, 1.54) is 0 Å². The molecular formula is C14H15N5O. The molecule has 6 heteroatoms. The van der Waals surface area contributed by atoms with E-state index in [1.807, 2.05) is 6.92 Å². The highest BCUT2D eigenvalue weighted by molar-refractivity contribution is 6.05. The largest absolute Gasteiger partial charge is 0.320 e. The fourth-order valence-corrected chi connectivity index (χ4v) is 1.64. The van der Waals surface area contributed by atoms with Crippen LogP contribution >= 0.6 is 0 Å². The molecule has 0 saturated carbocycles. The molecular weight excluding hydrogens is 254 g/mol. The van der Waals surface area contributed by atoms with Crippen LogP contribution in [-0.2, 0) is 6.54 Å². The summed E-state index contributed by atoms with van der Waals surface area (Å²) >= 11 is 0. The van der Waals surface area contributed by atoms with Crippen LogP contribution in [-0.4, -0.2) is 27.2 Å². The summed E-state index contributed by atoms with van der Waals surface area (Å²) in [5, 5.41) is 6.88.